The molecule has 0 saturated carbocycles. The molecule has 1 rings (SSSR count). The van der Waals surface area contributed by atoms with Gasteiger partial charge in [-0.15, -0.1) is 0 Å². The number of hydrogen-bond acceptors (Lipinski definition) is 4. The fourth-order valence-corrected chi connectivity index (χ4v) is 1.95. The van der Waals surface area contributed by atoms with Crippen LogP contribution in [-0.2, 0) is 22.5 Å². The lowest BCUT2D eigenvalue weighted by atomic mass is 10.2. The summed E-state index contributed by atoms with van der Waals surface area (Å²) in [6, 6.07) is 0. The Morgan fingerprint density at radius 3 is 2.79 bits per heavy atom. The minimum Gasteiger partial charge on any atom is -0.464 e. The van der Waals surface area contributed by atoms with Crippen molar-refractivity contribution in [3.63, 3.8) is 0 Å². The molecular formula is C14H24N2O3. The van der Waals surface area contributed by atoms with E-state index >= 15 is 0 Å². The number of carbonyl (C=O) groups is 1. The molecule has 0 unspecified atom stereocenters. The van der Waals surface area contributed by atoms with Crippen LogP contribution in [-0.4, -0.2) is 33.8 Å². The van der Waals surface area contributed by atoms with Crippen LogP contribution in [0.3, 0.4) is 0 Å². The number of aliphatic hydroxyl groups is 1. The van der Waals surface area contributed by atoms with Crippen molar-refractivity contribution in [1.82, 2.24) is 9.55 Å². The average Bonchev–Trinajstić information content (AvgIpc) is 2.73. The largest absolute Gasteiger partial charge is 0.464 e. The first-order valence-corrected chi connectivity index (χ1v) is 6.96. The van der Waals surface area contributed by atoms with Gasteiger partial charge in [-0.1, -0.05) is 13.3 Å². The lowest BCUT2D eigenvalue weighted by Crippen LogP contribution is -2.15. The molecular weight excluding hydrogens is 244 g/mol. The van der Waals surface area contributed by atoms with Crippen LogP contribution < -0.4 is 0 Å². The topological polar surface area (TPSA) is 64.4 Å². The molecule has 0 spiro atoms. The number of ether oxygens (including phenoxy) is 1. The second-order valence-corrected chi connectivity index (χ2v) is 4.64. The van der Waals surface area contributed by atoms with Crippen LogP contribution in [0.2, 0.25) is 0 Å². The lowest BCUT2D eigenvalue weighted by molar-refractivity contribution is -0.144. The number of nitrogens with zero attached hydrogens (tertiary/aromatic N) is 2. The summed E-state index contributed by atoms with van der Waals surface area (Å²) < 4.78 is 7.04. The third kappa shape index (κ3) is 5.87. The molecule has 0 atom stereocenters. The Morgan fingerprint density at radius 2 is 2.11 bits per heavy atom. The monoisotopic (exact) mass is 268 g/mol. The maximum absolute atomic E-state index is 11.7. The fourth-order valence-electron chi connectivity index (χ4n) is 1.95. The second-order valence-electron chi connectivity index (χ2n) is 4.64. The smallest absolute Gasteiger partial charge is 0.325 e. The van der Waals surface area contributed by atoms with Crippen molar-refractivity contribution in [1.29, 1.82) is 0 Å². The highest BCUT2D eigenvalue weighted by Crippen LogP contribution is 2.04. The summed E-state index contributed by atoms with van der Waals surface area (Å²) in [5.41, 5.74) is 0.925. The lowest BCUT2D eigenvalue weighted by Gasteiger charge is -2.07. The highest BCUT2D eigenvalue weighted by Gasteiger charge is 2.09. The molecule has 0 fully saturated rings. The van der Waals surface area contributed by atoms with Gasteiger partial charge in [-0.2, -0.15) is 0 Å². The summed E-state index contributed by atoms with van der Waals surface area (Å²) >= 11 is 0. The molecule has 5 heteroatoms. The summed E-state index contributed by atoms with van der Waals surface area (Å²) in [5, 5.41) is 8.63. The Bertz CT molecular complexity index is 388. The molecule has 0 bridgehead atoms. The number of unbranched alkanes of at least 4 members (excludes halogenated alkanes) is 3. The molecule has 108 valence electrons. The van der Waals surface area contributed by atoms with Gasteiger partial charge in [0.05, 0.1) is 12.3 Å². The number of aromatic nitrogens is 2. The van der Waals surface area contributed by atoms with Crippen molar-refractivity contribution in [2.75, 3.05) is 13.2 Å². The van der Waals surface area contributed by atoms with Crippen molar-refractivity contribution < 1.29 is 14.6 Å². The number of aryl methyl sites for hydroxylation is 2. The van der Waals surface area contributed by atoms with Gasteiger partial charge in [0.15, 0.2) is 0 Å². The third-order valence-electron chi connectivity index (χ3n) is 2.91. The number of esters is 1. The predicted octanol–water partition coefficient (Wildman–Crippen LogP) is 1.85. The van der Waals surface area contributed by atoms with Crippen LogP contribution in [0.25, 0.3) is 0 Å². The summed E-state index contributed by atoms with van der Waals surface area (Å²) in [4.78, 5) is 16.0. The van der Waals surface area contributed by atoms with E-state index in [0.717, 1.165) is 43.6 Å². The summed E-state index contributed by atoms with van der Waals surface area (Å²) in [7, 11) is 0. The molecule has 1 heterocycles. The molecule has 0 aliphatic rings. The molecule has 0 aliphatic carbocycles. The number of imidazole rings is 1. The Labute approximate surface area is 114 Å². The molecule has 1 N–H and O–H groups in total. The number of carbonyl (C=O) groups excluding carboxylic acids is 1. The quantitative estimate of drug-likeness (QED) is 0.548. The maximum atomic E-state index is 11.7. The number of rotatable bonds is 9. The van der Waals surface area contributed by atoms with E-state index in [2.05, 4.69) is 4.98 Å². The van der Waals surface area contributed by atoms with Gasteiger partial charge in [0.25, 0.3) is 0 Å². The van der Waals surface area contributed by atoms with Crippen LogP contribution in [0.1, 0.15) is 44.1 Å². The van der Waals surface area contributed by atoms with Crippen LogP contribution in [0, 0.1) is 6.92 Å². The first kappa shape index (κ1) is 15.7. The highest BCUT2D eigenvalue weighted by molar-refractivity contribution is 5.69. The third-order valence-corrected chi connectivity index (χ3v) is 2.91. The number of hydrogen-bond donors (Lipinski definition) is 1. The molecule has 0 saturated heterocycles. The molecule has 19 heavy (non-hydrogen) atoms. The van der Waals surface area contributed by atoms with Gasteiger partial charge in [0, 0.05) is 19.2 Å². The van der Waals surface area contributed by atoms with E-state index in [4.69, 9.17) is 9.84 Å². The predicted molar refractivity (Wildman–Crippen MR) is 72.9 cm³/mol. The van der Waals surface area contributed by atoms with Gasteiger partial charge in [0.2, 0.25) is 0 Å². The Balaban J connectivity index is 2.23. The zero-order valence-corrected chi connectivity index (χ0v) is 11.9. The van der Waals surface area contributed by atoms with E-state index in [1.54, 1.807) is 0 Å². The first-order chi connectivity index (χ1) is 9.17. The Hall–Kier alpha value is -1.36. The van der Waals surface area contributed by atoms with E-state index in [0.29, 0.717) is 6.61 Å². The molecule has 0 aromatic carbocycles. The zero-order chi connectivity index (χ0) is 14.1. The van der Waals surface area contributed by atoms with Gasteiger partial charge in [-0.3, -0.25) is 4.79 Å². The molecule has 0 aliphatic heterocycles. The van der Waals surface area contributed by atoms with Crippen molar-refractivity contribution in [2.24, 2.45) is 0 Å². The Morgan fingerprint density at radius 1 is 1.37 bits per heavy atom. The Kier molecular flexibility index (Phi) is 7.18. The van der Waals surface area contributed by atoms with E-state index in [-0.39, 0.29) is 19.1 Å². The van der Waals surface area contributed by atoms with Gasteiger partial charge >= 0.3 is 5.97 Å². The van der Waals surface area contributed by atoms with Crippen LogP contribution in [0.5, 0.6) is 0 Å². The van der Waals surface area contributed by atoms with Gasteiger partial charge in [-0.25, -0.2) is 4.98 Å². The van der Waals surface area contributed by atoms with E-state index in [1.807, 2.05) is 24.6 Å². The molecule has 0 radical (unpaired) electrons. The van der Waals surface area contributed by atoms with Crippen LogP contribution in [0.15, 0.2) is 6.20 Å². The standard InChI is InChI=1S/C14H24N2O3/c1-3-13-15-12(2)10-16(13)11-14(18)19-9-7-5-4-6-8-17/h10,17H,3-9,11H2,1-2H3. The molecule has 5 nitrogen and oxygen atoms in total. The zero-order valence-electron chi connectivity index (χ0n) is 11.9. The van der Waals surface area contributed by atoms with Crippen molar-refractivity contribution >= 4 is 5.97 Å². The second kappa shape index (κ2) is 8.69. The molecule has 0 amide bonds. The van der Waals surface area contributed by atoms with Crippen LogP contribution >= 0.6 is 0 Å². The van der Waals surface area contributed by atoms with Crippen molar-refractivity contribution in [3.05, 3.63) is 17.7 Å². The summed E-state index contributed by atoms with van der Waals surface area (Å²) in [6.45, 7) is 4.87. The van der Waals surface area contributed by atoms with Gasteiger partial charge in [-0.05, 0) is 26.2 Å². The summed E-state index contributed by atoms with van der Waals surface area (Å²) in [6.07, 6.45) is 6.33. The fraction of sp³-hybridized carbons (Fsp3) is 0.714. The first-order valence-electron chi connectivity index (χ1n) is 6.96. The van der Waals surface area contributed by atoms with Gasteiger partial charge in [0.1, 0.15) is 12.4 Å². The SMILES string of the molecule is CCc1nc(C)cn1CC(=O)OCCCCCCO. The normalized spacial score (nSPS) is 10.7. The molecule has 1 aromatic rings. The number of aliphatic hydroxyl groups excluding tert-OH is 1. The minimum absolute atomic E-state index is 0.214. The highest BCUT2D eigenvalue weighted by atomic mass is 16.5. The van der Waals surface area contributed by atoms with Gasteiger partial charge < -0.3 is 14.4 Å². The van der Waals surface area contributed by atoms with Crippen LogP contribution in [0.4, 0.5) is 0 Å². The van der Waals surface area contributed by atoms with E-state index in [9.17, 15) is 4.79 Å². The minimum atomic E-state index is -0.214. The van der Waals surface area contributed by atoms with E-state index in [1.165, 1.54) is 0 Å². The molecule has 1 aromatic heterocycles. The van der Waals surface area contributed by atoms with Crippen molar-refractivity contribution in [3.8, 4) is 0 Å². The maximum Gasteiger partial charge on any atom is 0.325 e. The average molecular weight is 268 g/mol. The summed E-state index contributed by atoms with van der Waals surface area (Å²) in [5.74, 6) is 0.701. The van der Waals surface area contributed by atoms with E-state index < -0.39 is 0 Å². The van der Waals surface area contributed by atoms with Crippen molar-refractivity contribution in [2.45, 2.75) is 52.5 Å².